The van der Waals surface area contributed by atoms with Gasteiger partial charge in [0.05, 0.1) is 12.2 Å². The highest BCUT2D eigenvalue weighted by molar-refractivity contribution is 5.99. The van der Waals surface area contributed by atoms with E-state index in [0.29, 0.717) is 17.9 Å². The van der Waals surface area contributed by atoms with Crippen molar-refractivity contribution in [3.63, 3.8) is 0 Å². The predicted octanol–water partition coefficient (Wildman–Crippen LogP) is -5.24. The molecule has 1 aliphatic heterocycles. The van der Waals surface area contributed by atoms with Crippen LogP contribution in [0, 0.1) is 11.8 Å². The molecular weight excluding hydrogens is 1100 g/mol. The fourth-order valence-electron chi connectivity index (χ4n) is 9.12. The lowest BCUT2D eigenvalue weighted by Crippen LogP contribution is -2.62. The largest absolute Gasteiger partial charge is 0.391 e. The van der Waals surface area contributed by atoms with Crippen molar-refractivity contribution < 1.29 is 63.0 Å². The molecule has 480 valence electrons. The molecule has 1 aliphatic rings. The average molecular weight is 1200 g/mol. The van der Waals surface area contributed by atoms with Gasteiger partial charge in [0.2, 0.25) is 65.0 Å². The number of nitrogens with two attached hydrogens (primary N) is 5. The van der Waals surface area contributed by atoms with Gasteiger partial charge in [0, 0.05) is 19.4 Å². The van der Waals surface area contributed by atoms with Crippen molar-refractivity contribution in [2.24, 2.45) is 40.5 Å². The van der Waals surface area contributed by atoms with Crippen LogP contribution in [0.25, 0.3) is 0 Å². The molecule has 2 rings (SSSR count). The van der Waals surface area contributed by atoms with E-state index in [0.717, 1.165) is 19.3 Å². The molecule has 1 fully saturated rings. The quantitative estimate of drug-likeness (QED) is 0.0333. The molecule has 1 heterocycles. The molecule has 0 saturated carbocycles. The third-order valence-electron chi connectivity index (χ3n) is 14.3. The van der Waals surface area contributed by atoms with E-state index in [4.69, 9.17) is 28.7 Å². The lowest BCUT2D eigenvalue weighted by Gasteiger charge is -2.29. The first kappa shape index (κ1) is 74.2. The smallest absolute Gasteiger partial charge is 0.245 e. The number of aliphatic hydroxyl groups is 2. The minimum Gasteiger partial charge on any atom is -0.391 e. The summed E-state index contributed by atoms with van der Waals surface area (Å²) in [5, 5.41) is 49.7. The second-order valence-corrected chi connectivity index (χ2v) is 22.0. The first-order chi connectivity index (χ1) is 40.3. The fourth-order valence-corrected chi connectivity index (χ4v) is 9.12. The molecule has 13 atom stereocenters. The van der Waals surface area contributed by atoms with Gasteiger partial charge in [-0.15, -0.1) is 0 Å². The van der Waals surface area contributed by atoms with Crippen LogP contribution in [0.1, 0.15) is 124 Å². The monoisotopic (exact) mass is 1200 g/mol. The lowest BCUT2D eigenvalue weighted by atomic mass is 10.00. The van der Waals surface area contributed by atoms with Crippen LogP contribution >= 0.6 is 0 Å². The van der Waals surface area contributed by atoms with Crippen LogP contribution in [0.3, 0.4) is 0 Å². The normalized spacial score (nSPS) is 22.9. The summed E-state index contributed by atoms with van der Waals surface area (Å²) in [6.07, 6.45) is -1.05. The van der Waals surface area contributed by atoms with Crippen LogP contribution in [-0.4, -0.2) is 187 Å². The first-order valence-electron chi connectivity index (χ1n) is 29.5. The lowest BCUT2D eigenvalue weighted by molar-refractivity contribution is -0.137. The van der Waals surface area contributed by atoms with E-state index < -0.39 is 151 Å². The van der Waals surface area contributed by atoms with Crippen LogP contribution in [-0.2, 0) is 59.2 Å². The van der Waals surface area contributed by atoms with Crippen molar-refractivity contribution in [2.75, 3.05) is 39.3 Å². The molecule has 29 nitrogen and oxygen atoms in total. The molecule has 23 N–H and O–H groups in total. The van der Waals surface area contributed by atoms with Crippen LogP contribution in [0.5, 0.6) is 0 Å². The number of carbonyl (C=O) groups excluding carboxylic acids is 11. The van der Waals surface area contributed by atoms with Crippen molar-refractivity contribution in [3.05, 3.63) is 35.9 Å². The minimum atomic E-state index is -1.70. The van der Waals surface area contributed by atoms with Crippen molar-refractivity contribution >= 4 is 65.0 Å². The average Bonchev–Trinajstić information content (AvgIpc) is 3.67. The summed E-state index contributed by atoms with van der Waals surface area (Å²) < 4.78 is 0. The number of aliphatic hydroxyl groups excluding tert-OH is 2. The third kappa shape index (κ3) is 26.9. The number of amides is 11. The zero-order chi connectivity index (χ0) is 63.8. The molecule has 0 aromatic heterocycles. The van der Waals surface area contributed by atoms with Crippen LogP contribution < -0.4 is 87.2 Å². The van der Waals surface area contributed by atoms with Crippen LogP contribution in [0.2, 0.25) is 0 Å². The molecule has 1 aromatic rings. The maximum atomic E-state index is 14.5. The third-order valence-corrected chi connectivity index (χ3v) is 14.3. The van der Waals surface area contributed by atoms with Crippen molar-refractivity contribution in [1.82, 2.24) is 58.5 Å². The standard InChI is InChI=1S/C56H98N16O13/c1-7-32(4)13-11-12-16-44(75)63-36(17-23-57)51(80)72-46(34(6)74)56(85)68-39(20-26-60)48(77)67-41-22-28-62-55(84)45(33(5)73)71-52(81)40(21-27-61)65-47(76)37(18-24-58)66-53(82)42(29-31(2)3)69-54(83)43(30-35-14-9-8-10-15-35)70-49(78)38(19-25-59)64-50(41)79/h8-10,14-15,31-34,36-43,45-46,73-74H,7,11-13,16-30,57-61H2,1-6H3,(H,62,84)(H,63,75)(H,64,79)(H,65,76)(H,66,82)(H,67,77)(H,68,85)(H,69,83)(H,70,78)(H,71,81)(H,72,80)/t32-,33+,34+,36+,37+,38+,39+,40+,41+,42+,43-,45+,46+/m1/s1. The highest BCUT2D eigenvalue weighted by Gasteiger charge is 2.37. The zero-order valence-electron chi connectivity index (χ0n) is 50.2. The summed E-state index contributed by atoms with van der Waals surface area (Å²) in [5.74, 6) is -9.45. The molecule has 11 amide bonds. The number of hydrogen-bond donors (Lipinski definition) is 18. The summed E-state index contributed by atoms with van der Waals surface area (Å²) in [6, 6.07) is -6.23. The van der Waals surface area contributed by atoms with Gasteiger partial charge in [-0.05, 0) is 115 Å². The molecule has 1 saturated heterocycles. The Bertz CT molecular complexity index is 2320. The van der Waals surface area contributed by atoms with Crippen molar-refractivity contribution in [1.29, 1.82) is 0 Å². The van der Waals surface area contributed by atoms with Gasteiger partial charge in [0.1, 0.15) is 60.4 Å². The van der Waals surface area contributed by atoms with E-state index >= 15 is 0 Å². The van der Waals surface area contributed by atoms with E-state index in [1.807, 2.05) is 0 Å². The Hall–Kier alpha value is -6.89. The second-order valence-electron chi connectivity index (χ2n) is 22.0. The van der Waals surface area contributed by atoms with E-state index in [9.17, 15) is 63.0 Å². The van der Waals surface area contributed by atoms with Crippen molar-refractivity contribution in [2.45, 2.75) is 198 Å². The Morgan fingerprint density at radius 2 is 1.06 bits per heavy atom. The molecule has 0 radical (unpaired) electrons. The van der Waals surface area contributed by atoms with Gasteiger partial charge in [-0.3, -0.25) is 52.7 Å². The number of unbranched alkanes of at least 4 members (excludes halogenated alkanes) is 1. The van der Waals surface area contributed by atoms with E-state index in [1.165, 1.54) is 13.8 Å². The molecule has 29 heteroatoms. The number of hydrogen-bond acceptors (Lipinski definition) is 18. The highest BCUT2D eigenvalue weighted by atomic mass is 16.3. The summed E-state index contributed by atoms with van der Waals surface area (Å²) in [7, 11) is 0. The first-order valence-corrected chi connectivity index (χ1v) is 29.5. The predicted molar refractivity (Wildman–Crippen MR) is 316 cm³/mol. The van der Waals surface area contributed by atoms with Gasteiger partial charge < -0.3 is 97.4 Å². The van der Waals surface area contributed by atoms with Gasteiger partial charge in [-0.2, -0.15) is 0 Å². The highest BCUT2D eigenvalue weighted by Crippen LogP contribution is 2.14. The van der Waals surface area contributed by atoms with Gasteiger partial charge in [-0.1, -0.05) is 77.3 Å². The summed E-state index contributed by atoms with van der Waals surface area (Å²) in [6.45, 7) is 9.00. The molecule has 0 aliphatic carbocycles. The SMILES string of the molecule is CC[C@@H](C)CCCCC(=O)N[C@@H](CCN)C(=O)N[C@H](C(=O)N[C@@H](CCN)C(=O)N[C@H]1CCNC(=O)[C@H]([C@H](C)O)NC(=O)[C@H](CCN)NC(=O)[C@H](CCN)NC(=O)[C@H](CC(C)C)NC(=O)[C@@H](Cc2ccccc2)NC(=O)[C@H](CCN)NC1=O)[C@H](C)O. The number of benzene rings is 1. The Labute approximate surface area is 498 Å². The number of rotatable bonds is 29. The minimum absolute atomic E-state index is 0.0173. The molecule has 1 aromatic carbocycles. The Kier molecular flexibility index (Phi) is 34.6. The molecule has 0 spiro atoms. The molecular formula is C56H98N16O13. The Morgan fingerprint density at radius 1 is 0.565 bits per heavy atom. The van der Waals surface area contributed by atoms with E-state index in [2.05, 4.69) is 72.3 Å². The van der Waals surface area contributed by atoms with Crippen molar-refractivity contribution in [3.8, 4) is 0 Å². The summed E-state index contributed by atoms with van der Waals surface area (Å²) in [4.78, 5) is 154. The van der Waals surface area contributed by atoms with Gasteiger partial charge in [0.25, 0.3) is 0 Å². The maximum Gasteiger partial charge on any atom is 0.245 e. The zero-order valence-corrected chi connectivity index (χ0v) is 50.2. The fraction of sp³-hybridized carbons (Fsp3) is 0.696. The van der Waals surface area contributed by atoms with Gasteiger partial charge in [-0.25, -0.2) is 0 Å². The molecule has 0 bridgehead atoms. The maximum absolute atomic E-state index is 14.5. The molecule has 0 unspecified atom stereocenters. The molecule has 85 heavy (non-hydrogen) atoms. The number of nitrogens with one attached hydrogen (secondary N) is 11. The van der Waals surface area contributed by atoms with E-state index in [-0.39, 0.29) is 90.0 Å². The Morgan fingerprint density at radius 3 is 1.56 bits per heavy atom. The second kappa shape index (κ2) is 39.7. The Balaban J connectivity index is 2.67. The topological polar surface area (TPSA) is 491 Å². The van der Waals surface area contributed by atoms with Gasteiger partial charge in [0.15, 0.2) is 0 Å². The van der Waals surface area contributed by atoms with Crippen LogP contribution in [0.15, 0.2) is 30.3 Å². The summed E-state index contributed by atoms with van der Waals surface area (Å²) >= 11 is 0. The van der Waals surface area contributed by atoms with E-state index in [1.54, 1.807) is 44.2 Å². The number of carbonyl (C=O) groups is 11. The summed E-state index contributed by atoms with van der Waals surface area (Å²) in [5.41, 5.74) is 29.9. The van der Waals surface area contributed by atoms with Gasteiger partial charge >= 0.3 is 0 Å². The van der Waals surface area contributed by atoms with Crippen LogP contribution in [0.4, 0.5) is 0 Å².